The molecule has 8 heteroatoms. The summed E-state index contributed by atoms with van der Waals surface area (Å²) < 4.78 is 5.74. The quantitative estimate of drug-likeness (QED) is 0.512. The number of nitrogens with zero attached hydrogens (tertiary/aromatic N) is 1. The first-order valence-corrected chi connectivity index (χ1v) is 11.8. The van der Waals surface area contributed by atoms with E-state index in [2.05, 4.69) is 12.1 Å². The van der Waals surface area contributed by atoms with Crippen molar-refractivity contribution in [3.8, 4) is 16.9 Å². The zero-order chi connectivity index (χ0) is 23.1. The summed E-state index contributed by atoms with van der Waals surface area (Å²) in [6, 6.07) is 19.6. The third-order valence-electron chi connectivity index (χ3n) is 6.09. The van der Waals surface area contributed by atoms with E-state index in [9.17, 15) is 19.8 Å². The number of fused-ring (bicyclic) bond motifs is 3. The van der Waals surface area contributed by atoms with E-state index in [0.717, 1.165) is 22.3 Å². The molecule has 3 aromatic rings. The number of benzene rings is 3. The molecule has 168 valence electrons. The summed E-state index contributed by atoms with van der Waals surface area (Å²) in [7, 11) is 0. The van der Waals surface area contributed by atoms with E-state index in [4.69, 9.17) is 16.3 Å². The minimum atomic E-state index is -1.09. The molecule has 0 aromatic heterocycles. The maximum atomic E-state index is 13.2. The van der Waals surface area contributed by atoms with Crippen LogP contribution < -0.4 is 0 Å². The summed E-state index contributed by atoms with van der Waals surface area (Å²) in [6.45, 7) is 0.101. The van der Waals surface area contributed by atoms with Crippen molar-refractivity contribution in [3.05, 3.63) is 88.4 Å². The average Bonchev–Trinajstić information content (AvgIpc) is 3.40. The number of halogens is 1. The van der Waals surface area contributed by atoms with Gasteiger partial charge in [0.1, 0.15) is 23.8 Å². The van der Waals surface area contributed by atoms with Crippen molar-refractivity contribution >= 4 is 35.4 Å². The Kier molecular flexibility index (Phi) is 5.68. The van der Waals surface area contributed by atoms with E-state index in [1.807, 2.05) is 36.4 Å². The number of ether oxygens (including phenoxy) is 1. The summed E-state index contributed by atoms with van der Waals surface area (Å²) in [5.41, 5.74) is 5.02. The van der Waals surface area contributed by atoms with Gasteiger partial charge in [-0.15, -0.1) is 11.8 Å². The van der Waals surface area contributed by atoms with Gasteiger partial charge < -0.3 is 14.9 Å². The number of phenols is 1. The van der Waals surface area contributed by atoms with Gasteiger partial charge in [-0.2, -0.15) is 0 Å². The van der Waals surface area contributed by atoms with Gasteiger partial charge in [0.25, 0.3) is 0 Å². The minimum Gasteiger partial charge on any atom is -0.506 e. The second-order valence-corrected chi connectivity index (χ2v) is 9.48. The molecule has 0 saturated carbocycles. The monoisotopic (exact) mass is 481 g/mol. The lowest BCUT2D eigenvalue weighted by Gasteiger charge is -2.27. The SMILES string of the molecule is O=C(O)[C@H]1CSC(c2ccc(O)c(Cl)c2)N1C(=O)OCC1c2ccccc2-c2ccccc21. The Morgan fingerprint density at radius 3 is 2.27 bits per heavy atom. The summed E-state index contributed by atoms with van der Waals surface area (Å²) in [5.74, 6) is -1.07. The highest BCUT2D eigenvalue weighted by molar-refractivity contribution is 7.99. The maximum Gasteiger partial charge on any atom is 0.411 e. The van der Waals surface area contributed by atoms with Crippen LogP contribution in [0.1, 0.15) is 28.0 Å². The van der Waals surface area contributed by atoms with Crippen LogP contribution in [-0.2, 0) is 9.53 Å². The highest BCUT2D eigenvalue weighted by Crippen LogP contribution is 2.46. The molecule has 1 fully saturated rings. The van der Waals surface area contributed by atoms with Crippen molar-refractivity contribution in [2.24, 2.45) is 0 Å². The highest BCUT2D eigenvalue weighted by Gasteiger charge is 2.44. The van der Waals surface area contributed by atoms with E-state index < -0.39 is 23.5 Å². The minimum absolute atomic E-state index is 0.0779. The van der Waals surface area contributed by atoms with Gasteiger partial charge in [-0.1, -0.05) is 66.2 Å². The number of carboxylic acid groups (broad SMARTS) is 1. The van der Waals surface area contributed by atoms with Crippen molar-refractivity contribution in [2.75, 3.05) is 12.4 Å². The first kappa shape index (κ1) is 21.7. The van der Waals surface area contributed by atoms with Gasteiger partial charge in [0, 0.05) is 11.7 Å². The van der Waals surface area contributed by atoms with E-state index in [1.54, 1.807) is 12.1 Å². The van der Waals surface area contributed by atoms with Gasteiger partial charge >= 0.3 is 12.1 Å². The number of carbonyl (C=O) groups is 2. The number of aliphatic carboxylic acids is 1. The Morgan fingerprint density at radius 2 is 1.67 bits per heavy atom. The largest absolute Gasteiger partial charge is 0.506 e. The smallest absolute Gasteiger partial charge is 0.411 e. The Morgan fingerprint density at radius 1 is 1.03 bits per heavy atom. The standard InChI is InChI=1S/C25H20ClNO5S/c26-20-11-14(9-10-22(20)28)23-27(21(13-33-23)24(29)30)25(31)32-12-19-17-7-3-1-5-15(17)16-6-2-4-8-18(16)19/h1-11,19,21,23,28H,12-13H2,(H,29,30)/t21-,23?/m1/s1. The zero-order valence-corrected chi connectivity index (χ0v) is 18.9. The van der Waals surface area contributed by atoms with Crippen LogP contribution in [0.25, 0.3) is 11.1 Å². The molecule has 0 bridgehead atoms. The normalized spacial score (nSPS) is 19.2. The zero-order valence-electron chi connectivity index (χ0n) is 17.3. The second-order valence-electron chi connectivity index (χ2n) is 7.96. The fourth-order valence-corrected chi connectivity index (χ4v) is 6.11. The molecule has 1 amide bonds. The molecule has 1 saturated heterocycles. The number of hydrogen-bond acceptors (Lipinski definition) is 5. The summed E-state index contributed by atoms with van der Waals surface area (Å²) >= 11 is 7.37. The molecule has 2 N–H and O–H groups in total. The van der Waals surface area contributed by atoms with Gasteiger partial charge in [-0.3, -0.25) is 4.90 Å². The van der Waals surface area contributed by atoms with Crippen LogP contribution in [0, 0.1) is 0 Å². The summed E-state index contributed by atoms with van der Waals surface area (Å²) in [6.07, 6.45) is -0.691. The van der Waals surface area contributed by atoms with Crippen LogP contribution in [0.15, 0.2) is 66.7 Å². The Bertz CT molecular complexity index is 1200. The fourth-order valence-electron chi connectivity index (χ4n) is 4.52. The molecule has 1 heterocycles. The van der Waals surface area contributed by atoms with E-state index in [-0.39, 0.29) is 29.0 Å². The molecule has 2 atom stereocenters. The molecule has 0 radical (unpaired) electrons. The number of carboxylic acids is 1. The van der Waals surface area contributed by atoms with Crippen molar-refractivity contribution in [1.82, 2.24) is 4.90 Å². The molecule has 6 nitrogen and oxygen atoms in total. The molecule has 1 aliphatic heterocycles. The lowest BCUT2D eigenvalue weighted by molar-refractivity contribution is -0.141. The molecule has 2 aliphatic rings. The van der Waals surface area contributed by atoms with Crippen LogP contribution >= 0.6 is 23.4 Å². The number of hydrogen-bond donors (Lipinski definition) is 2. The van der Waals surface area contributed by atoms with Gasteiger partial charge in [0.05, 0.1) is 5.02 Å². The van der Waals surface area contributed by atoms with Crippen LogP contribution in [0.2, 0.25) is 5.02 Å². The number of rotatable bonds is 4. The van der Waals surface area contributed by atoms with Crippen LogP contribution in [0.3, 0.4) is 0 Å². The van der Waals surface area contributed by atoms with Crippen molar-refractivity contribution < 1.29 is 24.5 Å². The topological polar surface area (TPSA) is 87.1 Å². The first-order chi connectivity index (χ1) is 16.0. The molecule has 33 heavy (non-hydrogen) atoms. The van der Waals surface area contributed by atoms with Crippen molar-refractivity contribution in [3.63, 3.8) is 0 Å². The maximum absolute atomic E-state index is 13.2. The van der Waals surface area contributed by atoms with Gasteiger partial charge in [0.2, 0.25) is 0 Å². The fraction of sp³-hybridized carbons (Fsp3) is 0.200. The van der Waals surface area contributed by atoms with Gasteiger partial charge in [-0.05, 0) is 39.9 Å². The van der Waals surface area contributed by atoms with Crippen molar-refractivity contribution in [1.29, 1.82) is 0 Å². The summed E-state index contributed by atoms with van der Waals surface area (Å²) in [5, 5.41) is 19.0. The van der Waals surface area contributed by atoms with Gasteiger partial charge in [-0.25, -0.2) is 9.59 Å². The summed E-state index contributed by atoms with van der Waals surface area (Å²) in [4.78, 5) is 26.3. The predicted molar refractivity (Wildman–Crippen MR) is 127 cm³/mol. The average molecular weight is 482 g/mol. The lowest BCUT2D eigenvalue weighted by Crippen LogP contribution is -2.43. The Hall–Kier alpha value is -3.16. The number of aromatic hydroxyl groups is 1. The molecular weight excluding hydrogens is 462 g/mol. The number of phenolic OH excluding ortho intramolecular Hbond substituents is 1. The van der Waals surface area contributed by atoms with E-state index in [1.165, 1.54) is 22.7 Å². The first-order valence-electron chi connectivity index (χ1n) is 10.4. The van der Waals surface area contributed by atoms with Crippen LogP contribution in [-0.4, -0.2) is 45.6 Å². The molecule has 5 rings (SSSR count). The second kappa shape index (κ2) is 8.65. The lowest BCUT2D eigenvalue weighted by atomic mass is 9.98. The van der Waals surface area contributed by atoms with Gasteiger partial charge in [0.15, 0.2) is 0 Å². The van der Waals surface area contributed by atoms with Crippen LogP contribution in [0.5, 0.6) is 5.75 Å². The third kappa shape index (κ3) is 3.81. The number of thioether (sulfide) groups is 1. The molecule has 0 spiro atoms. The Balaban J connectivity index is 1.40. The van der Waals surface area contributed by atoms with Crippen molar-refractivity contribution in [2.45, 2.75) is 17.3 Å². The van der Waals surface area contributed by atoms with E-state index >= 15 is 0 Å². The number of carbonyl (C=O) groups excluding carboxylic acids is 1. The van der Waals surface area contributed by atoms with Crippen LogP contribution in [0.4, 0.5) is 4.79 Å². The number of amides is 1. The predicted octanol–water partition coefficient (Wildman–Crippen LogP) is 5.50. The third-order valence-corrected chi connectivity index (χ3v) is 7.72. The molecule has 1 unspecified atom stereocenters. The van der Waals surface area contributed by atoms with E-state index in [0.29, 0.717) is 5.56 Å². The molecule has 1 aliphatic carbocycles. The Labute approximate surface area is 199 Å². The molecular formula is C25H20ClNO5S. The highest BCUT2D eigenvalue weighted by atomic mass is 35.5. The molecule has 3 aromatic carbocycles.